The van der Waals surface area contributed by atoms with Crippen LogP contribution >= 0.6 is 0 Å². The topological polar surface area (TPSA) is 33.7 Å². The number of rotatable bonds is 5. The zero-order valence-electron chi connectivity index (χ0n) is 15.9. The molecule has 3 aromatic rings. The first-order chi connectivity index (χ1) is 13.3. The molecule has 1 aliphatic heterocycles. The van der Waals surface area contributed by atoms with E-state index in [0.29, 0.717) is 0 Å². The summed E-state index contributed by atoms with van der Waals surface area (Å²) in [7, 11) is 3.42. The highest BCUT2D eigenvalue weighted by atomic mass is 16.5. The number of ether oxygens (including phenoxy) is 2. The van der Waals surface area contributed by atoms with Crippen LogP contribution in [0.15, 0.2) is 60.7 Å². The zero-order valence-corrected chi connectivity index (χ0v) is 15.9. The number of nitrogens with zero attached hydrogens (tertiary/aromatic N) is 1. The molecule has 4 nitrogen and oxygen atoms in total. The van der Waals surface area contributed by atoms with Crippen molar-refractivity contribution in [3.05, 3.63) is 71.8 Å². The lowest BCUT2D eigenvalue weighted by Gasteiger charge is -2.36. The van der Waals surface area contributed by atoms with Crippen LogP contribution < -0.4 is 14.8 Å². The lowest BCUT2D eigenvalue weighted by molar-refractivity contribution is 0.196. The van der Waals surface area contributed by atoms with E-state index in [9.17, 15) is 0 Å². The monoisotopic (exact) mass is 362 g/mol. The van der Waals surface area contributed by atoms with E-state index in [1.165, 1.54) is 21.9 Å². The maximum Gasteiger partial charge on any atom is 0.127 e. The average Bonchev–Trinajstić information content (AvgIpc) is 2.75. The van der Waals surface area contributed by atoms with Gasteiger partial charge in [0.25, 0.3) is 0 Å². The van der Waals surface area contributed by atoms with Crippen LogP contribution in [0.3, 0.4) is 0 Å². The highest BCUT2D eigenvalue weighted by Gasteiger charge is 2.28. The Morgan fingerprint density at radius 2 is 1.63 bits per heavy atom. The lowest BCUT2D eigenvalue weighted by Crippen LogP contribution is -2.45. The minimum Gasteiger partial charge on any atom is -0.497 e. The smallest absolute Gasteiger partial charge is 0.127 e. The Hall–Kier alpha value is -2.56. The third-order valence-electron chi connectivity index (χ3n) is 5.37. The van der Waals surface area contributed by atoms with E-state index in [4.69, 9.17) is 9.47 Å². The molecule has 0 amide bonds. The van der Waals surface area contributed by atoms with Gasteiger partial charge in [0.1, 0.15) is 11.5 Å². The maximum absolute atomic E-state index is 5.77. The second-order valence-electron chi connectivity index (χ2n) is 6.86. The van der Waals surface area contributed by atoms with Crippen LogP contribution in [0, 0.1) is 0 Å². The van der Waals surface area contributed by atoms with E-state index < -0.39 is 0 Å². The van der Waals surface area contributed by atoms with Crippen LogP contribution in [0.1, 0.15) is 17.2 Å². The summed E-state index contributed by atoms with van der Waals surface area (Å²) in [6.07, 6.45) is 0. The second kappa shape index (κ2) is 7.99. The Balaban J connectivity index is 1.90. The number of hydrogen-bond donors (Lipinski definition) is 1. The first kappa shape index (κ1) is 17.8. The fourth-order valence-corrected chi connectivity index (χ4v) is 4.03. The van der Waals surface area contributed by atoms with Gasteiger partial charge in [-0.1, -0.05) is 42.5 Å². The van der Waals surface area contributed by atoms with Crippen LogP contribution in [0.5, 0.6) is 11.5 Å². The number of hydrogen-bond acceptors (Lipinski definition) is 4. The van der Waals surface area contributed by atoms with Crippen LogP contribution in [-0.2, 0) is 0 Å². The van der Waals surface area contributed by atoms with E-state index in [0.717, 1.165) is 37.7 Å². The molecule has 1 fully saturated rings. The van der Waals surface area contributed by atoms with Crippen LogP contribution in [0.25, 0.3) is 10.8 Å². The van der Waals surface area contributed by atoms with E-state index in [2.05, 4.69) is 58.7 Å². The standard InChI is InChI=1S/C23H26N2O2/c1-26-18-10-11-21(22(16-18)27-2)23(25-14-12-24-13-15-25)20-9-5-7-17-6-3-4-8-19(17)20/h3-11,16,23-24H,12-15H2,1-2H3. The molecule has 1 unspecified atom stereocenters. The predicted molar refractivity (Wildman–Crippen MR) is 110 cm³/mol. The number of methoxy groups -OCH3 is 2. The molecule has 3 aromatic carbocycles. The summed E-state index contributed by atoms with van der Waals surface area (Å²) in [5.74, 6) is 1.68. The molecule has 1 heterocycles. The Kier molecular flexibility index (Phi) is 5.28. The molecule has 4 rings (SSSR count). The van der Waals surface area contributed by atoms with Crippen molar-refractivity contribution in [3.8, 4) is 11.5 Å². The van der Waals surface area contributed by atoms with Crippen LogP contribution in [0.2, 0.25) is 0 Å². The van der Waals surface area contributed by atoms with Gasteiger partial charge in [-0.25, -0.2) is 0 Å². The van der Waals surface area contributed by atoms with Crippen molar-refractivity contribution in [3.63, 3.8) is 0 Å². The molecule has 0 spiro atoms. The Morgan fingerprint density at radius 3 is 2.41 bits per heavy atom. The first-order valence-corrected chi connectivity index (χ1v) is 9.46. The molecule has 0 aliphatic carbocycles. The maximum atomic E-state index is 5.77. The molecule has 0 radical (unpaired) electrons. The number of fused-ring (bicyclic) bond motifs is 1. The second-order valence-corrected chi connectivity index (χ2v) is 6.86. The van der Waals surface area contributed by atoms with Crippen molar-refractivity contribution in [2.45, 2.75) is 6.04 Å². The molecular weight excluding hydrogens is 336 g/mol. The van der Waals surface area contributed by atoms with Crippen molar-refractivity contribution >= 4 is 10.8 Å². The van der Waals surface area contributed by atoms with Crippen molar-refractivity contribution in [1.82, 2.24) is 10.2 Å². The van der Waals surface area contributed by atoms with Gasteiger partial charge in [-0.05, 0) is 28.5 Å². The van der Waals surface area contributed by atoms with Gasteiger partial charge in [0.05, 0.1) is 20.3 Å². The van der Waals surface area contributed by atoms with Gasteiger partial charge in [-0.2, -0.15) is 0 Å². The summed E-state index contributed by atoms with van der Waals surface area (Å²) in [5.41, 5.74) is 2.50. The molecule has 140 valence electrons. The van der Waals surface area contributed by atoms with Crippen LogP contribution in [-0.4, -0.2) is 45.3 Å². The van der Waals surface area contributed by atoms with E-state index in [1.807, 2.05) is 12.1 Å². The van der Waals surface area contributed by atoms with Gasteiger partial charge < -0.3 is 14.8 Å². The van der Waals surface area contributed by atoms with Crippen molar-refractivity contribution in [2.24, 2.45) is 0 Å². The molecule has 27 heavy (non-hydrogen) atoms. The van der Waals surface area contributed by atoms with Gasteiger partial charge in [-0.15, -0.1) is 0 Å². The molecule has 1 atom stereocenters. The fraction of sp³-hybridized carbons (Fsp3) is 0.304. The molecule has 1 saturated heterocycles. The Labute approximate surface area is 160 Å². The minimum absolute atomic E-state index is 0.138. The quantitative estimate of drug-likeness (QED) is 0.747. The number of piperazine rings is 1. The Bertz CT molecular complexity index is 914. The highest BCUT2D eigenvalue weighted by Crippen LogP contribution is 2.39. The molecular formula is C23H26N2O2. The molecule has 0 saturated carbocycles. The summed E-state index contributed by atoms with van der Waals surface area (Å²) in [4.78, 5) is 2.54. The summed E-state index contributed by atoms with van der Waals surface area (Å²) < 4.78 is 11.2. The van der Waals surface area contributed by atoms with Crippen molar-refractivity contribution in [1.29, 1.82) is 0 Å². The summed E-state index contributed by atoms with van der Waals surface area (Å²) >= 11 is 0. The molecule has 4 heteroatoms. The third kappa shape index (κ3) is 3.51. The van der Waals surface area contributed by atoms with Gasteiger partial charge in [0.2, 0.25) is 0 Å². The largest absolute Gasteiger partial charge is 0.497 e. The van der Waals surface area contributed by atoms with Crippen molar-refractivity contribution in [2.75, 3.05) is 40.4 Å². The van der Waals surface area contributed by atoms with E-state index in [1.54, 1.807) is 14.2 Å². The average molecular weight is 362 g/mol. The summed E-state index contributed by atoms with van der Waals surface area (Å²) in [5, 5.41) is 6.02. The molecule has 0 bridgehead atoms. The van der Waals surface area contributed by atoms with Crippen LogP contribution in [0.4, 0.5) is 0 Å². The van der Waals surface area contributed by atoms with Gasteiger partial charge in [0.15, 0.2) is 0 Å². The fourth-order valence-electron chi connectivity index (χ4n) is 4.03. The van der Waals surface area contributed by atoms with Gasteiger partial charge in [0, 0.05) is 37.8 Å². The summed E-state index contributed by atoms with van der Waals surface area (Å²) in [6, 6.07) is 21.5. The first-order valence-electron chi connectivity index (χ1n) is 9.46. The van der Waals surface area contributed by atoms with E-state index in [-0.39, 0.29) is 6.04 Å². The number of nitrogens with one attached hydrogen (secondary N) is 1. The lowest BCUT2D eigenvalue weighted by atomic mass is 9.91. The SMILES string of the molecule is COc1ccc(C(c2cccc3ccccc23)N2CCNCC2)c(OC)c1. The summed E-state index contributed by atoms with van der Waals surface area (Å²) in [6.45, 7) is 4.01. The molecule has 0 aromatic heterocycles. The zero-order chi connectivity index (χ0) is 18.6. The molecule has 1 N–H and O–H groups in total. The van der Waals surface area contributed by atoms with Gasteiger partial charge >= 0.3 is 0 Å². The van der Waals surface area contributed by atoms with Gasteiger partial charge in [-0.3, -0.25) is 4.90 Å². The third-order valence-corrected chi connectivity index (χ3v) is 5.37. The molecule has 1 aliphatic rings. The minimum atomic E-state index is 0.138. The number of benzene rings is 3. The normalized spacial score (nSPS) is 16.2. The van der Waals surface area contributed by atoms with E-state index >= 15 is 0 Å². The van der Waals surface area contributed by atoms with Crippen molar-refractivity contribution < 1.29 is 9.47 Å². The predicted octanol–water partition coefficient (Wildman–Crippen LogP) is 3.85. The Morgan fingerprint density at radius 1 is 0.852 bits per heavy atom. The highest BCUT2D eigenvalue weighted by molar-refractivity contribution is 5.86.